The molecule has 110 valence electrons. The quantitative estimate of drug-likeness (QED) is 0.819. The second kappa shape index (κ2) is 7.70. The average molecular weight is 292 g/mol. The van der Waals surface area contributed by atoms with Gasteiger partial charge < -0.3 is 10.6 Å². The Hall–Kier alpha value is -1.00. The van der Waals surface area contributed by atoms with E-state index in [1.165, 1.54) is 28.9 Å². The van der Waals surface area contributed by atoms with Crippen molar-refractivity contribution >= 4 is 17.7 Å². The minimum atomic E-state index is 0.139. The Morgan fingerprint density at radius 2 is 2.30 bits per heavy atom. The summed E-state index contributed by atoms with van der Waals surface area (Å²) in [6, 6.07) is 6.36. The smallest absolute Gasteiger partial charge is 0.230 e. The Labute approximate surface area is 125 Å². The Bertz CT molecular complexity index is 456. The molecular formula is C16H24N2OS. The summed E-state index contributed by atoms with van der Waals surface area (Å²) in [5, 5.41) is 6.43. The van der Waals surface area contributed by atoms with Gasteiger partial charge in [-0.15, -0.1) is 11.8 Å². The van der Waals surface area contributed by atoms with Gasteiger partial charge in [-0.05, 0) is 57.3 Å². The van der Waals surface area contributed by atoms with Crippen molar-refractivity contribution in [2.75, 3.05) is 25.4 Å². The van der Waals surface area contributed by atoms with Crippen molar-refractivity contribution in [3.63, 3.8) is 0 Å². The summed E-state index contributed by atoms with van der Waals surface area (Å²) in [5.41, 5.74) is 2.51. The van der Waals surface area contributed by atoms with Crippen LogP contribution in [0.5, 0.6) is 0 Å². The van der Waals surface area contributed by atoms with Crippen LogP contribution < -0.4 is 10.6 Å². The van der Waals surface area contributed by atoms with Crippen molar-refractivity contribution in [3.05, 3.63) is 29.3 Å². The Balaban J connectivity index is 1.71. The lowest BCUT2D eigenvalue weighted by Crippen LogP contribution is -2.38. The third-order valence-corrected chi connectivity index (χ3v) is 4.85. The van der Waals surface area contributed by atoms with Crippen LogP contribution in [0.3, 0.4) is 0 Å². The zero-order valence-corrected chi connectivity index (χ0v) is 13.2. The number of rotatable bonds is 5. The first kappa shape index (κ1) is 15.4. The summed E-state index contributed by atoms with van der Waals surface area (Å²) in [4.78, 5) is 13.1. The van der Waals surface area contributed by atoms with Crippen LogP contribution in [0.2, 0.25) is 0 Å². The second-order valence-electron chi connectivity index (χ2n) is 5.57. The Morgan fingerprint density at radius 3 is 3.00 bits per heavy atom. The molecule has 2 rings (SSSR count). The summed E-state index contributed by atoms with van der Waals surface area (Å²) in [6.07, 6.45) is 2.44. The van der Waals surface area contributed by atoms with Crippen molar-refractivity contribution in [2.24, 2.45) is 5.92 Å². The number of amides is 1. The minimum Gasteiger partial charge on any atom is -0.355 e. The Morgan fingerprint density at radius 1 is 1.45 bits per heavy atom. The number of carbonyl (C=O) groups is 1. The number of nitrogens with one attached hydrogen (secondary N) is 2. The van der Waals surface area contributed by atoms with E-state index in [1.807, 2.05) is 0 Å². The fourth-order valence-electron chi connectivity index (χ4n) is 2.51. The molecule has 1 amide bonds. The molecule has 0 spiro atoms. The highest BCUT2D eigenvalue weighted by molar-refractivity contribution is 8.00. The molecule has 0 aromatic heterocycles. The van der Waals surface area contributed by atoms with Crippen molar-refractivity contribution in [1.29, 1.82) is 0 Å². The molecule has 0 radical (unpaired) electrons. The van der Waals surface area contributed by atoms with Crippen LogP contribution in [0.25, 0.3) is 0 Å². The van der Waals surface area contributed by atoms with Gasteiger partial charge in [0.15, 0.2) is 0 Å². The predicted octanol–water partition coefficient (Wildman–Crippen LogP) is 2.51. The maximum absolute atomic E-state index is 11.9. The topological polar surface area (TPSA) is 41.1 Å². The molecule has 0 bridgehead atoms. The van der Waals surface area contributed by atoms with Crippen LogP contribution >= 0.6 is 11.8 Å². The minimum absolute atomic E-state index is 0.139. The van der Waals surface area contributed by atoms with Crippen molar-refractivity contribution < 1.29 is 4.79 Å². The van der Waals surface area contributed by atoms with Gasteiger partial charge in [0.25, 0.3) is 0 Å². The molecule has 1 saturated heterocycles. The monoisotopic (exact) mass is 292 g/mol. The first-order valence-electron chi connectivity index (χ1n) is 7.32. The maximum Gasteiger partial charge on any atom is 0.230 e. The number of piperidine rings is 1. The molecule has 1 fully saturated rings. The lowest BCUT2D eigenvalue weighted by molar-refractivity contribution is -0.118. The second-order valence-corrected chi connectivity index (χ2v) is 6.59. The van der Waals surface area contributed by atoms with Crippen molar-refractivity contribution in [1.82, 2.24) is 10.6 Å². The molecule has 1 aliphatic rings. The normalized spacial score (nSPS) is 18.8. The highest BCUT2D eigenvalue weighted by Crippen LogP contribution is 2.22. The van der Waals surface area contributed by atoms with Gasteiger partial charge >= 0.3 is 0 Å². The molecule has 1 atom stereocenters. The van der Waals surface area contributed by atoms with E-state index in [2.05, 4.69) is 42.7 Å². The summed E-state index contributed by atoms with van der Waals surface area (Å²) >= 11 is 1.62. The first-order chi connectivity index (χ1) is 9.65. The molecule has 1 aromatic carbocycles. The van der Waals surface area contributed by atoms with Crippen LogP contribution in [0.1, 0.15) is 24.0 Å². The van der Waals surface area contributed by atoms with Crippen LogP contribution in [-0.2, 0) is 4.79 Å². The fourth-order valence-corrected chi connectivity index (χ4v) is 3.35. The molecule has 1 heterocycles. The number of hydrogen-bond acceptors (Lipinski definition) is 3. The van der Waals surface area contributed by atoms with Crippen LogP contribution in [-0.4, -0.2) is 31.3 Å². The zero-order chi connectivity index (χ0) is 14.4. The van der Waals surface area contributed by atoms with Gasteiger partial charge in [0.2, 0.25) is 5.91 Å². The molecular weight excluding hydrogens is 268 g/mol. The van der Waals surface area contributed by atoms with Crippen molar-refractivity contribution in [3.8, 4) is 0 Å². The van der Waals surface area contributed by atoms with E-state index in [4.69, 9.17) is 0 Å². The maximum atomic E-state index is 11.9. The van der Waals surface area contributed by atoms with Crippen molar-refractivity contribution in [2.45, 2.75) is 31.6 Å². The van der Waals surface area contributed by atoms with E-state index >= 15 is 0 Å². The van der Waals surface area contributed by atoms with Gasteiger partial charge in [0, 0.05) is 11.4 Å². The summed E-state index contributed by atoms with van der Waals surface area (Å²) < 4.78 is 0. The average Bonchev–Trinajstić information content (AvgIpc) is 2.45. The summed E-state index contributed by atoms with van der Waals surface area (Å²) in [7, 11) is 0. The molecule has 0 aliphatic carbocycles. The van der Waals surface area contributed by atoms with Gasteiger partial charge in [0.05, 0.1) is 5.75 Å². The third-order valence-electron chi connectivity index (χ3n) is 3.68. The third kappa shape index (κ3) is 4.84. The van der Waals surface area contributed by atoms with Crippen LogP contribution in [0, 0.1) is 19.8 Å². The highest BCUT2D eigenvalue weighted by Gasteiger charge is 2.13. The summed E-state index contributed by atoms with van der Waals surface area (Å²) in [6.45, 7) is 7.14. The van der Waals surface area contributed by atoms with E-state index < -0.39 is 0 Å². The summed E-state index contributed by atoms with van der Waals surface area (Å²) in [5.74, 6) is 1.24. The van der Waals surface area contributed by atoms with Gasteiger partial charge in [0.1, 0.15) is 0 Å². The SMILES string of the molecule is Cc1ccc(SCC(=O)NCC2CCCNC2)c(C)c1. The molecule has 3 nitrogen and oxygen atoms in total. The van der Waals surface area contributed by atoms with E-state index in [0.717, 1.165) is 19.6 Å². The molecule has 0 saturated carbocycles. The van der Waals surface area contributed by atoms with Gasteiger partial charge in [-0.3, -0.25) is 4.79 Å². The number of benzene rings is 1. The predicted molar refractivity (Wildman–Crippen MR) is 85.2 cm³/mol. The zero-order valence-electron chi connectivity index (χ0n) is 12.4. The first-order valence-corrected chi connectivity index (χ1v) is 8.31. The van der Waals surface area contributed by atoms with E-state index in [-0.39, 0.29) is 5.91 Å². The largest absolute Gasteiger partial charge is 0.355 e. The lowest BCUT2D eigenvalue weighted by atomic mass is 10.00. The standard InChI is InChI=1S/C16H24N2OS/c1-12-5-6-15(13(2)8-12)20-11-16(19)18-10-14-4-3-7-17-9-14/h5-6,8,14,17H,3-4,7,9-11H2,1-2H3,(H,18,19). The molecule has 4 heteroatoms. The number of thioether (sulfide) groups is 1. The number of aryl methyl sites for hydroxylation is 2. The van der Waals surface area contributed by atoms with E-state index in [9.17, 15) is 4.79 Å². The van der Waals surface area contributed by atoms with E-state index in [1.54, 1.807) is 11.8 Å². The van der Waals surface area contributed by atoms with Gasteiger partial charge in [-0.1, -0.05) is 17.7 Å². The molecule has 1 aromatic rings. The van der Waals surface area contributed by atoms with E-state index in [0.29, 0.717) is 11.7 Å². The molecule has 1 aliphatic heterocycles. The molecule has 1 unspecified atom stereocenters. The highest BCUT2D eigenvalue weighted by atomic mass is 32.2. The van der Waals surface area contributed by atoms with Gasteiger partial charge in [-0.2, -0.15) is 0 Å². The lowest BCUT2D eigenvalue weighted by Gasteiger charge is -2.22. The number of carbonyl (C=O) groups excluding carboxylic acids is 1. The fraction of sp³-hybridized carbons (Fsp3) is 0.562. The molecule has 20 heavy (non-hydrogen) atoms. The number of hydrogen-bond donors (Lipinski definition) is 2. The van der Waals surface area contributed by atoms with Crippen LogP contribution in [0.15, 0.2) is 23.1 Å². The van der Waals surface area contributed by atoms with Gasteiger partial charge in [-0.25, -0.2) is 0 Å². The molecule has 2 N–H and O–H groups in total. The van der Waals surface area contributed by atoms with Crippen LogP contribution in [0.4, 0.5) is 0 Å². The Kier molecular flexibility index (Phi) is 5.92.